The van der Waals surface area contributed by atoms with E-state index in [0.717, 1.165) is 5.56 Å². The minimum Gasteiger partial charge on any atom is -0.369 e. The highest BCUT2D eigenvalue weighted by atomic mass is 35.5. The van der Waals surface area contributed by atoms with Gasteiger partial charge in [0.1, 0.15) is 0 Å². The van der Waals surface area contributed by atoms with Gasteiger partial charge < -0.3 is 5.73 Å². The molecule has 5 heteroatoms. The Morgan fingerprint density at radius 3 is 2.70 bits per heavy atom. The second-order valence-electron chi connectivity index (χ2n) is 4.58. The van der Waals surface area contributed by atoms with Gasteiger partial charge in [-0.1, -0.05) is 35.4 Å². The van der Waals surface area contributed by atoms with Crippen molar-refractivity contribution in [1.29, 1.82) is 0 Å². The van der Waals surface area contributed by atoms with Crippen molar-refractivity contribution in [3.63, 3.8) is 0 Å². The van der Waals surface area contributed by atoms with E-state index >= 15 is 0 Å². The molecule has 3 aromatic rings. The van der Waals surface area contributed by atoms with Gasteiger partial charge >= 0.3 is 0 Å². The third kappa shape index (κ3) is 1.94. The molecule has 1 aromatic heterocycles. The summed E-state index contributed by atoms with van der Waals surface area (Å²) in [5.74, 6) is 0.124. The first-order chi connectivity index (χ1) is 9.58. The van der Waals surface area contributed by atoms with Gasteiger partial charge in [0.15, 0.2) is 0 Å². The molecule has 0 bridgehead atoms. The van der Waals surface area contributed by atoms with Gasteiger partial charge in [0.2, 0.25) is 5.95 Å². The Balaban J connectivity index is 2.43. The zero-order valence-corrected chi connectivity index (χ0v) is 11.6. The first-order valence-corrected chi connectivity index (χ1v) is 6.49. The standard InChI is InChI=1S/C15H12ClN3O/c1-9-6-7-12-10(8-9)14(20)19(15(17)18-12)13-5-3-2-4-11(13)16/h2-8H,1H3,(H2,17,18). The molecule has 0 saturated carbocycles. The highest BCUT2D eigenvalue weighted by Gasteiger charge is 2.12. The molecule has 3 rings (SSSR count). The number of benzene rings is 2. The van der Waals surface area contributed by atoms with Crippen LogP contribution in [0.3, 0.4) is 0 Å². The third-order valence-electron chi connectivity index (χ3n) is 3.14. The monoisotopic (exact) mass is 285 g/mol. The molecule has 0 unspecified atom stereocenters. The fraction of sp³-hybridized carbons (Fsp3) is 0.0667. The molecule has 0 radical (unpaired) electrons. The van der Waals surface area contributed by atoms with Gasteiger partial charge in [-0.15, -0.1) is 0 Å². The van der Waals surface area contributed by atoms with Crippen LogP contribution in [0.4, 0.5) is 5.95 Å². The molecule has 0 spiro atoms. The Labute approximate surface area is 120 Å². The lowest BCUT2D eigenvalue weighted by Crippen LogP contribution is -2.23. The van der Waals surface area contributed by atoms with E-state index in [-0.39, 0.29) is 11.5 Å². The van der Waals surface area contributed by atoms with E-state index in [0.29, 0.717) is 21.6 Å². The van der Waals surface area contributed by atoms with E-state index in [9.17, 15) is 4.79 Å². The minimum absolute atomic E-state index is 0.124. The van der Waals surface area contributed by atoms with Crippen LogP contribution in [-0.4, -0.2) is 9.55 Å². The molecule has 4 nitrogen and oxygen atoms in total. The SMILES string of the molecule is Cc1ccc2nc(N)n(-c3ccccc3Cl)c(=O)c2c1. The Morgan fingerprint density at radius 1 is 1.20 bits per heavy atom. The molecular weight excluding hydrogens is 274 g/mol. The van der Waals surface area contributed by atoms with Gasteiger partial charge in [-0.05, 0) is 31.2 Å². The zero-order valence-electron chi connectivity index (χ0n) is 10.8. The van der Waals surface area contributed by atoms with E-state index in [1.807, 2.05) is 13.0 Å². The van der Waals surface area contributed by atoms with Crippen molar-refractivity contribution in [3.05, 3.63) is 63.4 Å². The Bertz CT molecular complexity index is 871. The van der Waals surface area contributed by atoms with Gasteiger partial charge in [-0.3, -0.25) is 4.79 Å². The van der Waals surface area contributed by atoms with Crippen LogP contribution in [0.25, 0.3) is 16.6 Å². The number of fused-ring (bicyclic) bond motifs is 1. The molecule has 2 N–H and O–H groups in total. The van der Waals surface area contributed by atoms with Crippen LogP contribution in [0, 0.1) is 6.92 Å². The molecule has 0 aliphatic rings. The lowest BCUT2D eigenvalue weighted by Gasteiger charge is -2.11. The predicted molar refractivity (Wildman–Crippen MR) is 81.5 cm³/mol. The number of rotatable bonds is 1. The Morgan fingerprint density at radius 2 is 1.95 bits per heavy atom. The number of nitrogens with two attached hydrogens (primary N) is 1. The summed E-state index contributed by atoms with van der Waals surface area (Å²) in [6.45, 7) is 1.93. The van der Waals surface area contributed by atoms with Crippen LogP contribution >= 0.6 is 11.6 Å². The molecule has 0 amide bonds. The summed E-state index contributed by atoms with van der Waals surface area (Å²) >= 11 is 6.14. The number of nitrogen functional groups attached to an aromatic ring is 1. The number of nitrogens with zero attached hydrogens (tertiary/aromatic N) is 2. The van der Waals surface area contributed by atoms with E-state index in [1.165, 1.54) is 4.57 Å². The largest absolute Gasteiger partial charge is 0.369 e. The maximum atomic E-state index is 12.6. The minimum atomic E-state index is -0.218. The van der Waals surface area contributed by atoms with Crippen LogP contribution in [0.15, 0.2) is 47.3 Å². The Kier molecular flexibility index (Phi) is 2.95. The number of anilines is 1. The number of hydrogen-bond donors (Lipinski definition) is 1. The topological polar surface area (TPSA) is 60.9 Å². The molecule has 0 aliphatic heterocycles. The number of para-hydroxylation sites is 1. The summed E-state index contributed by atoms with van der Waals surface area (Å²) in [6.07, 6.45) is 0. The number of aryl methyl sites for hydroxylation is 1. The van der Waals surface area contributed by atoms with Crippen molar-refractivity contribution in [2.45, 2.75) is 6.92 Å². The molecule has 20 heavy (non-hydrogen) atoms. The first-order valence-electron chi connectivity index (χ1n) is 6.12. The molecular formula is C15H12ClN3O. The fourth-order valence-electron chi connectivity index (χ4n) is 2.18. The zero-order chi connectivity index (χ0) is 14.3. The van der Waals surface area contributed by atoms with E-state index in [4.69, 9.17) is 17.3 Å². The van der Waals surface area contributed by atoms with Gasteiger partial charge in [0.25, 0.3) is 5.56 Å². The quantitative estimate of drug-likeness (QED) is 0.748. The van der Waals surface area contributed by atoms with Crippen LogP contribution in [-0.2, 0) is 0 Å². The van der Waals surface area contributed by atoms with Crippen LogP contribution < -0.4 is 11.3 Å². The molecule has 0 fully saturated rings. The van der Waals surface area contributed by atoms with Crippen molar-refractivity contribution in [2.24, 2.45) is 0 Å². The summed E-state index contributed by atoms with van der Waals surface area (Å²) < 4.78 is 1.34. The molecule has 2 aromatic carbocycles. The lowest BCUT2D eigenvalue weighted by atomic mass is 10.1. The maximum absolute atomic E-state index is 12.6. The summed E-state index contributed by atoms with van der Waals surface area (Å²) in [5, 5.41) is 0.981. The highest BCUT2D eigenvalue weighted by molar-refractivity contribution is 6.32. The Hall–Kier alpha value is -2.33. The van der Waals surface area contributed by atoms with Crippen molar-refractivity contribution >= 4 is 28.5 Å². The lowest BCUT2D eigenvalue weighted by molar-refractivity contribution is 0.982. The summed E-state index contributed by atoms with van der Waals surface area (Å²) in [7, 11) is 0. The molecule has 100 valence electrons. The molecule has 0 aliphatic carbocycles. The molecule has 1 heterocycles. The maximum Gasteiger partial charge on any atom is 0.267 e. The average molecular weight is 286 g/mol. The fourth-order valence-corrected chi connectivity index (χ4v) is 2.40. The van der Waals surface area contributed by atoms with Crippen molar-refractivity contribution < 1.29 is 0 Å². The molecule has 0 atom stereocenters. The van der Waals surface area contributed by atoms with E-state index < -0.39 is 0 Å². The second kappa shape index (κ2) is 4.65. The number of aromatic nitrogens is 2. The van der Waals surface area contributed by atoms with Crippen LogP contribution in [0.1, 0.15) is 5.56 Å². The van der Waals surface area contributed by atoms with Gasteiger partial charge in [-0.25, -0.2) is 9.55 Å². The average Bonchev–Trinajstić information content (AvgIpc) is 2.42. The van der Waals surface area contributed by atoms with E-state index in [2.05, 4.69) is 4.98 Å². The van der Waals surface area contributed by atoms with Crippen LogP contribution in [0.2, 0.25) is 5.02 Å². The summed E-state index contributed by atoms with van der Waals surface area (Å²) in [5.41, 5.74) is 7.81. The predicted octanol–water partition coefficient (Wildman–Crippen LogP) is 2.93. The smallest absolute Gasteiger partial charge is 0.267 e. The number of hydrogen-bond acceptors (Lipinski definition) is 3. The number of halogens is 1. The summed E-state index contributed by atoms with van der Waals surface area (Å²) in [6, 6.07) is 12.5. The van der Waals surface area contributed by atoms with Gasteiger partial charge in [-0.2, -0.15) is 0 Å². The van der Waals surface area contributed by atoms with Gasteiger partial charge in [0, 0.05) is 0 Å². The van der Waals surface area contributed by atoms with Gasteiger partial charge in [0.05, 0.1) is 21.6 Å². The third-order valence-corrected chi connectivity index (χ3v) is 3.46. The summed E-state index contributed by atoms with van der Waals surface area (Å²) in [4.78, 5) is 16.9. The van der Waals surface area contributed by atoms with E-state index in [1.54, 1.807) is 36.4 Å². The van der Waals surface area contributed by atoms with Crippen molar-refractivity contribution in [1.82, 2.24) is 9.55 Å². The second-order valence-corrected chi connectivity index (χ2v) is 4.99. The van der Waals surface area contributed by atoms with Crippen molar-refractivity contribution in [2.75, 3.05) is 5.73 Å². The first kappa shape index (κ1) is 12.7. The highest BCUT2D eigenvalue weighted by Crippen LogP contribution is 2.21. The molecule has 0 saturated heterocycles. The van der Waals surface area contributed by atoms with Crippen molar-refractivity contribution in [3.8, 4) is 5.69 Å². The van der Waals surface area contributed by atoms with Crippen LogP contribution in [0.5, 0.6) is 0 Å². The normalized spacial score (nSPS) is 10.9.